The summed E-state index contributed by atoms with van der Waals surface area (Å²) in [6.45, 7) is 0. The van der Waals surface area contributed by atoms with Crippen molar-refractivity contribution in [1.82, 2.24) is 0 Å². The minimum absolute atomic E-state index is 0.799. The molecule has 4 aromatic rings. The van der Waals surface area contributed by atoms with Crippen molar-refractivity contribution in [2.75, 3.05) is 0 Å². The van der Waals surface area contributed by atoms with E-state index in [-0.39, 0.29) is 0 Å². The quantitative estimate of drug-likeness (QED) is 0.496. The zero-order valence-electron chi connectivity index (χ0n) is 12.2. The molecule has 0 fully saturated rings. The maximum Gasteiger partial charge on any atom is 0.109 e. The van der Waals surface area contributed by atoms with Gasteiger partial charge < -0.3 is 10.2 Å². The van der Waals surface area contributed by atoms with E-state index in [9.17, 15) is 10.2 Å². The molecule has 2 atom stereocenters. The average molecular weight is 318 g/mol. The molecule has 0 spiro atoms. The highest BCUT2D eigenvalue weighted by atomic mass is 32.1. The Kier molecular flexibility index (Phi) is 2.68. The Balaban J connectivity index is 1.90. The minimum Gasteiger partial charge on any atom is -0.386 e. The Hall–Kier alpha value is -2.20. The Bertz CT molecular complexity index is 1110. The summed E-state index contributed by atoms with van der Waals surface area (Å²) in [6.07, 6.45) is 1.92. The molecule has 0 bridgehead atoms. The van der Waals surface area contributed by atoms with Crippen LogP contribution in [-0.4, -0.2) is 16.3 Å². The number of rotatable bonds is 0. The fourth-order valence-electron chi connectivity index (χ4n) is 3.51. The lowest BCUT2D eigenvalue weighted by Gasteiger charge is -2.23. The van der Waals surface area contributed by atoms with E-state index in [0.29, 0.717) is 0 Å². The van der Waals surface area contributed by atoms with Gasteiger partial charge in [0.2, 0.25) is 0 Å². The molecule has 2 nitrogen and oxygen atoms in total. The van der Waals surface area contributed by atoms with Crippen molar-refractivity contribution in [1.29, 1.82) is 0 Å². The van der Waals surface area contributed by atoms with Crippen molar-refractivity contribution >= 4 is 48.4 Å². The van der Waals surface area contributed by atoms with Crippen LogP contribution in [0.25, 0.3) is 37.0 Å². The van der Waals surface area contributed by atoms with Gasteiger partial charge >= 0.3 is 0 Å². The monoisotopic (exact) mass is 318 g/mol. The molecule has 1 aromatic heterocycles. The van der Waals surface area contributed by atoms with E-state index in [1.165, 1.54) is 20.2 Å². The first-order valence-corrected chi connectivity index (χ1v) is 8.46. The summed E-state index contributed by atoms with van der Waals surface area (Å²) in [4.78, 5) is 0. The summed E-state index contributed by atoms with van der Waals surface area (Å²) >= 11 is 1.79. The molecule has 3 heteroatoms. The number of aliphatic hydroxyl groups is 2. The van der Waals surface area contributed by atoms with Crippen molar-refractivity contribution in [3.05, 3.63) is 65.7 Å². The van der Waals surface area contributed by atoms with Crippen molar-refractivity contribution in [3.63, 3.8) is 0 Å². The third-order valence-electron chi connectivity index (χ3n) is 4.69. The van der Waals surface area contributed by atoms with E-state index < -0.39 is 12.2 Å². The molecule has 0 saturated heterocycles. The molecular formula is C20H14O2S. The molecule has 0 saturated carbocycles. The molecular weight excluding hydrogens is 304 g/mol. The van der Waals surface area contributed by atoms with Crippen LogP contribution in [0.5, 0.6) is 0 Å². The Morgan fingerprint density at radius 2 is 1.70 bits per heavy atom. The first-order valence-electron chi connectivity index (χ1n) is 7.64. The highest BCUT2D eigenvalue weighted by Crippen LogP contribution is 2.39. The highest BCUT2D eigenvalue weighted by Gasteiger charge is 2.23. The lowest BCUT2D eigenvalue weighted by molar-refractivity contribution is 0.0471. The van der Waals surface area contributed by atoms with Crippen LogP contribution in [0.1, 0.15) is 17.2 Å². The standard InChI is InChI=1S/C20H14O2S/c21-17-8-7-12-14(20(17)22)6-5-11-9-16-13-3-1-2-4-18(13)23-19(16)10-15(11)12/h1-10,17,20-22H/t17-,20-/m1/s1. The summed E-state index contributed by atoms with van der Waals surface area (Å²) < 4.78 is 2.54. The van der Waals surface area contributed by atoms with Crippen LogP contribution in [0.4, 0.5) is 0 Å². The third kappa shape index (κ3) is 1.81. The molecule has 0 aliphatic heterocycles. The summed E-state index contributed by atoms with van der Waals surface area (Å²) in [6, 6.07) is 16.9. The number of hydrogen-bond acceptors (Lipinski definition) is 3. The van der Waals surface area contributed by atoms with Gasteiger partial charge in [-0.25, -0.2) is 0 Å². The van der Waals surface area contributed by atoms with Gasteiger partial charge in [-0.15, -0.1) is 11.3 Å². The molecule has 5 rings (SSSR count). The van der Waals surface area contributed by atoms with Crippen LogP contribution in [0.3, 0.4) is 0 Å². The second kappa shape index (κ2) is 4.65. The van der Waals surface area contributed by atoms with Gasteiger partial charge in [0.1, 0.15) is 12.2 Å². The molecule has 3 aromatic carbocycles. The van der Waals surface area contributed by atoms with Crippen LogP contribution in [0, 0.1) is 0 Å². The van der Waals surface area contributed by atoms with Gasteiger partial charge in [-0.05, 0) is 40.1 Å². The SMILES string of the molecule is O[C@@H]1C=Cc2c(ccc3cc4c(cc23)sc2ccccc24)[C@H]1O. The fourth-order valence-corrected chi connectivity index (χ4v) is 4.64. The van der Waals surface area contributed by atoms with Crippen LogP contribution >= 0.6 is 11.3 Å². The van der Waals surface area contributed by atoms with Gasteiger partial charge in [0.25, 0.3) is 0 Å². The molecule has 112 valence electrons. The van der Waals surface area contributed by atoms with Crippen molar-refractivity contribution in [3.8, 4) is 0 Å². The predicted molar refractivity (Wildman–Crippen MR) is 96.8 cm³/mol. The van der Waals surface area contributed by atoms with E-state index in [0.717, 1.165) is 21.9 Å². The Labute approximate surface area is 136 Å². The van der Waals surface area contributed by atoms with Gasteiger partial charge in [0.05, 0.1) is 0 Å². The first kappa shape index (κ1) is 13.3. The maximum absolute atomic E-state index is 10.2. The van der Waals surface area contributed by atoms with Gasteiger partial charge in [0.15, 0.2) is 0 Å². The molecule has 0 amide bonds. The van der Waals surface area contributed by atoms with E-state index in [2.05, 4.69) is 36.4 Å². The van der Waals surface area contributed by atoms with Crippen molar-refractivity contribution in [2.24, 2.45) is 0 Å². The first-order chi connectivity index (χ1) is 11.2. The molecule has 2 N–H and O–H groups in total. The largest absolute Gasteiger partial charge is 0.386 e. The normalized spacial score (nSPS) is 20.4. The molecule has 0 radical (unpaired) electrons. The highest BCUT2D eigenvalue weighted by molar-refractivity contribution is 7.25. The van der Waals surface area contributed by atoms with E-state index in [1.54, 1.807) is 17.4 Å². The van der Waals surface area contributed by atoms with Gasteiger partial charge in [-0.3, -0.25) is 0 Å². The van der Waals surface area contributed by atoms with Crippen LogP contribution in [-0.2, 0) is 0 Å². The van der Waals surface area contributed by atoms with Gasteiger partial charge in [-0.1, -0.05) is 42.5 Å². The number of benzene rings is 3. The number of hydrogen-bond donors (Lipinski definition) is 2. The number of fused-ring (bicyclic) bond motifs is 6. The second-order valence-electron chi connectivity index (χ2n) is 6.03. The fraction of sp³-hybridized carbons (Fsp3) is 0.100. The number of aliphatic hydroxyl groups excluding tert-OH is 2. The summed E-state index contributed by atoms with van der Waals surface area (Å²) in [5, 5.41) is 24.9. The van der Waals surface area contributed by atoms with E-state index in [4.69, 9.17) is 0 Å². The molecule has 1 aliphatic rings. The molecule has 1 heterocycles. The van der Waals surface area contributed by atoms with Crippen molar-refractivity contribution in [2.45, 2.75) is 12.2 Å². The van der Waals surface area contributed by atoms with Crippen molar-refractivity contribution < 1.29 is 10.2 Å². The zero-order chi connectivity index (χ0) is 15.6. The Morgan fingerprint density at radius 1 is 0.826 bits per heavy atom. The Morgan fingerprint density at radius 3 is 2.61 bits per heavy atom. The topological polar surface area (TPSA) is 40.5 Å². The average Bonchev–Trinajstić information content (AvgIpc) is 2.93. The lowest BCUT2D eigenvalue weighted by atomic mass is 9.88. The van der Waals surface area contributed by atoms with E-state index in [1.807, 2.05) is 18.2 Å². The van der Waals surface area contributed by atoms with Crippen LogP contribution < -0.4 is 0 Å². The second-order valence-corrected chi connectivity index (χ2v) is 7.11. The van der Waals surface area contributed by atoms with Gasteiger partial charge in [0, 0.05) is 20.2 Å². The summed E-state index contributed by atoms with van der Waals surface area (Å²) in [7, 11) is 0. The van der Waals surface area contributed by atoms with E-state index >= 15 is 0 Å². The molecule has 0 unspecified atom stereocenters. The van der Waals surface area contributed by atoms with Gasteiger partial charge in [-0.2, -0.15) is 0 Å². The molecule has 23 heavy (non-hydrogen) atoms. The number of thiophene rings is 1. The lowest BCUT2D eigenvalue weighted by Crippen LogP contribution is -2.19. The maximum atomic E-state index is 10.2. The predicted octanol–water partition coefficient (Wildman–Crippen LogP) is 4.63. The third-order valence-corrected chi connectivity index (χ3v) is 5.83. The minimum atomic E-state index is -0.850. The summed E-state index contributed by atoms with van der Waals surface area (Å²) in [5.41, 5.74) is 1.81. The zero-order valence-corrected chi connectivity index (χ0v) is 13.0. The van der Waals surface area contributed by atoms with Crippen LogP contribution in [0.2, 0.25) is 0 Å². The van der Waals surface area contributed by atoms with Crippen LogP contribution in [0.15, 0.2) is 54.6 Å². The smallest absolute Gasteiger partial charge is 0.109 e. The summed E-state index contributed by atoms with van der Waals surface area (Å²) in [5.74, 6) is 0. The molecule has 1 aliphatic carbocycles.